The summed E-state index contributed by atoms with van der Waals surface area (Å²) in [7, 11) is 0. The Morgan fingerprint density at radius 1 is 1.22 bits per heavy atom. The van der Waals surface area contributed by atoms with E-state index in [1.54, 1.807) is 25.1 Å². The lowest BCUT2D eigenvalue weighted by atomic mass is 10.1. The first-order chi connectivity index (χ1) is 15.1. The summed E-state index contributed by atoms with van der Waals surface area (Å²) in [6.45, 7) is 1.86. The lowest BCUT2D eigenvalue weighted by Gasteiger charge is -2.14. The minimum absolute atomic E-state index is 0.00449. The first-order valence-corrected chi connectivity index (χ1v) is 10.1. The number of halogens is 6. The van der Waals surface area contributed by atoms with Crippen molar-refractivity contribution < 1.29 is 27.5 Å². The molecule has 0 radical (unpaired) electrons. The fourth-order valence-corrected chi connectivity index (χ4v) is 3.29. The van der Waals surface area contributed by atoms with E-state index in [2.05, 4.69) is 15.2 Å². The highest BCUT2D eigenvalue weighted by molar-refractivity contribution is 6.35. The predicted octanol–water partition coefficient (Wildman–Crippen LogP) is 5.58. The van der Waals surface area contributed by atoms with Gasteiger partial charge in [0.25, 0.3) is 5.91 Å². The standard InChI is InChI=1S/C19H14Cl3F3N4O3/c1-2-31-17-13(8-27-32-9-10-3-4-12(20)6-14(10)21)18(30)29(28-17)16-15(22)5-11(7-26-16)19(23,24)25/h3-8,13H,2,9H2,1H3/b27-8+. The Morgan fingerprint density at radius 2 is 1.97 bits per heavy atom. The van der Waals surface area contributed by atoms with Crippen molar-refractivity contribution in [2.45, 2.75) is 19.7 Å². The number of hydrogen-bond donors (Lipinski definition) is 0. The van der Waals surface area contributed by atoms with Crippen LogP contribution in [0.15, 0.2) is 40.7 Å². The minimum Gasteiger partial charge on any atom is -0.479 e. The van der Waals surface area contributed by atoms with Gasteiger partial charge in [0.05, 0.1) is 23.4 Å². The maximum absolute atomic E-state index is 12.8. The lowest BCUT2D eigenvalue weighted by molar-refractivity contribution is -0.137. The Bertz CT molecular complexity index is 1080. The zero-order valence-corrected chi connectivity index (χ0v) is 18.5. The number of nitrogens with zero attached hydrogens (tertiary/aromatic N) is 4. The van der Waals surface area contributed by atoms with Gasteiger partial charge in [0, 0.05) is 21.8 Å². The number of hydrogen-bond acceptors (Lipinski definition) is 6. The molecular formula is C19H14Cl3F3N4O3. The van der Waals surface area contributed by atoms with Gasteiger partial charge in [-0.3, -0.25) is 4.79 Å². The van der Waals surface area contributed by atoms with E-state index in [-0.39, 0.29) is 24.9 Å². The molecule has 1 aromatic carbocycles. The second-order valence-corrected chi connectivity index (χ2v) is 7.54. The molecule has 7 nitrogen and oxygen atoms in total. The molecule has 1 aromatic heterocycles. The number of carbonyl (C=O) groups is 1. The highest BCUT2D eigenvalue weighted by Crippen LogP contribution is 2.35. The monoisotopic (exact) mass is 508 g/mol. The SMILES string of the molecule is CCOC1=NN(c2ncc(C(F)(F)F)cc2Cl)C(=O)C1/C=N/OCc1ccc(Cl)cc1Cl. The number of aromatic nitrogens is 1. The molecule has 0 aliphatic carbocycles. The van der Waals surface area contributed by atoms with Gasteiger partial charge in [0.15, 0.2) is 11.7 Å². The van der Waals surface area contributed by atoms with Gasteiger partial charge >= 0.3 is 6.18 Å². The molecule has 2 heterocycles. The minimum atomic E-state index is -4.64. The molecule has 170 valence electrons. The van der Waals surface area contributed by atoms with E-state index in [1.807, 2.05) is 0 Å². The van der Waals surface area contributed by atoms with Crippen LogP contribution >= 0.6 is 34.8 Å². The number of pyridine rings is 1. The third-order valence-electron chi connectivity index (χ3n) is 4.10. The van der Waals surface area contributed by atoms with Crippen molar-refractivity contribution in [2.24, 2.45) is 16.2 Å². The molecule has 1 aliphatic rings. The molecule has 1 atom stereocenters. The smallest absolute Gasteiger partial charge is 0.417 e. The van der Waals surface area contributed by atoms with Crippen molar-refractivity contribution in [3.05, 3.63) is 56.7 Å². The van der Waals surface area contributed by atoms with Gasteiger partial charge in [-0.05, 0) is 25.1 Å². The van der Waals surface area contributed by atoms with Crippen LogP contribution in [0.4, 0.5) is 19.0 Å². The average molecular weight is 510 g/mol. The number of carbonyl (C=O) groups excluding carboxylic acids is 1. The summed E-state index contributed by atoms with van der Waals surface area (Å²) in [4.78, 5) is 21.6. The zero-order valence-electron chi connectivity index (χ0n) is 16.2. The summed E-state index contributed by atoms with van der Waals surface area (Å²) in [5, 5.41) is 8.97. The molecule has 0 saturated heterocycles. The third-order valence-corrected chi connectivity index (χ3v) is 4.97. The van der Waals surface area contributed by atoms with Crippen molar-refractivity contribution in [1.29, 1.82) is 0 Å². The molecule has 0 fully saturated rings. The molecule has 13 heteroatoms. The Morgan fingerprint density at radius 3 is 2.59 bits per heavy atom. The van der Waals surface area contributed by atoms with Crippen LogP contribution in [0.2, 0.25) is 15.1 Å². The number of alkyl halides is 3. The van der Waals surface area contributed by atoms with E-state index in [0.29, 0.717) is 27.9 Å². The van der Waals surface area contributed by atoms with Gasteiger partial charge in [-0.1, -0.05) is 46.0 Å². The van der Waals surface area contributed by atoms with Crippen LogP contribution in [0.25, 0.3) is 0 Å². The van der Waals surface area contributed by atoms with Crippen LogP contribution < -0.4 is 5.01 Å². The molecule has 32 heavy (non-hydrogen) atoms. The summed E-state index contributed by atoms with van der Waals surface area (Å²) in [5.74, 6) is -2.07. The Kier molecular flexibility index (Phi) is 7.47. The van der Waals surface area contributed by atoms with E-state index < -0.39 is 28.6 Å². The lowest BCUT2D eigenvalue weighted by Crippen LogP contribution is -2.30. The predicted molar refractivity (Wildman–Crippen MR) is 114 cm³/mol. The van der Waals surface area contributed by atoms with E-state index in [0.717, 1.165) is 11.2 Å². The van der Waals surface area contributed by atoms with Gasteiger partial charge in [-0.25, -0.2) is 4.98 Å². The number of oxime groups is 1. The molecule has 2 aromatic rings. The molecular weight excluding hydrogens is 496 g/mol. The topological polar surface area (TPSA) is 76.4 Å². The number of amides is 1. The van der Waals surface area contributed by atoms with E-state index in [1.165, 1.54) is 0 Å². The molecule has 0 N–H and O–H groups in total. The molecule has 1 unspecified atom stereocenters. The van der Waals surface area contributed by atoms with Gasteiger partial charge in [0.1, 0.15) is 6.61 Å². The van der Waals surface area contributed by atoms with Crippen LogP contribution in [0.1, 0.15) is 18.1 Å². The van der Waals surface area contributed by atoms with Crippen LogP contribution in [0.5, 0.6) is 0 Å². The maximum Gasteiger partial charge on any atom is 0.417 e. The van der Waals surface area contributed by atoms with Crippen molar-refractivity contribution in [1.82, 2.24) is 4.98 Å². The molecule has 0 spiro atoms. The average Bonchev–Trinajstić information content (AvgIpc) is 3.01. The van der Waals surface area contributed by atoms with Crippen molar-refractivity contribution in [3.8, 4) is 0 Å². The first kappa shape index (κ1) is 24.1. The van der Waals surface area contributed by atoms with E-state index in [4.69, 9.17) is 44.4 Å². The molecule has 1 amide bonds. The van der Waals surface area contributed by atoms with Crippen molar-refractivity contribution in [3.63, 3.8) is 0 Å². The summed E-state index contributed by atoms with van der Waals surface area (Å²) in [6.07, 6.45) is -2.92. The highest BCUT2D eigenvalue weighted by atomic mass is 35.5. The maximum atomic E-state index is 12.8. The highest BCUT2D eigenvalue weighted by Gasteiger charge is 2.40. The van der Waals surface area contributed by atoms with Gasteiger partial charge in [-0.2, -0.15) is 18.2 Å². The summed E-state index contributed by atoms with van der Waals surface area (Å²) < 4.78 is 43.9. The number of anilines is 1. The number of rotatable bonds is 6. The Labute approximate surface area is 195 Å². The largest absolute Gasteiger partial charge is 0.479 e. The normalized spacial score (nSPS) is 16.6. The van der Waals surface area contributed by atoms with E-state index >= 15 is 0 Å². The molecule has 1 aliphatic heterocycles. The van der Waals surface area contributed by atoms with Crippen LogP contribution in [0.3, 0.4) is 0 Å². The van der Waals surface area contributed by atoms with E-state index in [9.17, 15) is 18.0 Å². The van der Waals surface area contributed by atoms with Crippen molar-refractivity contribution >= 4 is 58.6 Å². The fourth-order valence-electron chi connectivity index (χ4n) is 2.58. The number of hydrazone groups is 1. The third kappa shape index (κ3) is 5.43. The van der Waals surface area contributed by atoms with Gasteiger partial charge in [0.2, 0.25) is 5.90 Å². The quantitative estimate of drug-likeness (QED) is 0.376. The molecule has 3 rings (SSSR count). The van der Waals surface area contributed by atoms with Gasteiger partial charge < -0.3 is 9.57 Å². The van der Waals surface area contributed by atoms with Crippen LogP contribution in [-0.2, 0) is 27.2 Å². The fraction of sp³-hybridized carbons (Fsp3) is 0.263. The number of ether oxygens (including phenoxy) is 1. The zero-order chi connectivity index (χ0) is 23.5. The Hall–Kier alpha value is -2.56. The summed E-state index contributed by atoms with van der Waals surface area (Å²) in [5.41, 5.74) is -0.439. The second-order valence-electron chi connectivity index (χ2n) is 6.29. The summed E-state index contributed by atoms with van der Waals surface area (Å²) >= 11 is 17.8. The van der Waals surface area contributed by atoms with Crippen LogP contribution in [0, 0.1) is 5.92 Å². The second kappa shape index (κ2) is 9.93. The van der Waals surface area contributed by atoms with Gasteiger partial charge in [-0.15, -0.1) is 5.10 Å². The van der Waals surface area contributed by atoms with Crippen molar-refractivity contribution in [2.75, 3.05) is 11.6 Å². The number of benzene rings is 1. The molecule has 0 saturated carbocycles. The Balaban J connectivity index is 1.76. The molecule has 0 bridgehead atoms. The van der Waals surface area contributed by atoms with Crippen LogP contribution in [-0.4, -0.2) is 29.6 Å². The summed E-state index contributed by atoms with van der Waals surface area (Å²) in [6, 6.07) is 5.50. The first-order valence-electron chi connectivity index (χ1n) is 8.99.